The molecule has 4 heteroatoms. The number of carbonyl (C=O) groups excluding carboxylic acids is 2. The van der Waals surface area contributed by atoms with Gasteiger partial charge in [-0.3, -0.25) is 9.59 Å². The van der Waals surface area contributed by atoms with Crippen LogP contribution in [0, 0.1) is 0 Å². The molecule has 0 aliphatic heterocycles. The molecule has 0 saturated carbocycles. The molecule has 2 aromatic carbocycles. The van der Waals surface area contributed by atoms with Crippen LogP contribution >= 0.6 is 0 Å². The van der Waals surface area contributed by atoms with Gasteiger partial charge in [-0.1, -0.05) is 66.7 Å². The number of benzene rings is 2. The molecular formula is C18H22O4. The summed E-state index contributed by atoms with van der Waals surface area (Å²) in [6.07, 6.45) is -0.787. The predicted octanol–water partition coefficient (Wildman–Crippen LogP) is 2.50. The molecule has 2 rings (SSSR count). The lowest BCUT2D eigenvalue weighted by Gasteiger charge is -1.93. The summed E-state index contributed by atoms with van der Waals surface area (Å²) in [5, 5.41) is 16.7. The van der Waals surface area contributed by atoms with Gasteiger partial charge in [-0.05, 0) is 13.8 Å². The highest BCUT2D eigenvalue weighted by Crippen LogP contribution is 1.98. The molecule has 0 aliphatic rings. The van der Waals surface area contributed by atoms with Crippen molar-refractivity contribution in [3.63, 3.8) is 0 Å². The van der Waals surface area contributed by atoms with E-state index in [-0.39, 0.29) is 11.6 Å². The fourth-order valence-electron chi connectivity index (χ4n) is 1.10. The zero-order valence-corrected chi connectivity index (χ0v) is 12.8. The Morgan fingerprint density at radius 3 is 1.50 bits per heavy atom. The molecule has 22 heavy (non-hydrogen) atoms. The van der Waals surface area contributed by atoms with Crippen molar-refractivity contribution >= 4 is 11.6 Å². The zero-order chi connectivity index (χ0) is 16.8. The molecule has 0 radical (unpaired) electrons. The Kier molecular flexibility index (Phi) is 11.1. The summed E-state index contributed by atoms with van der Waals surface area (Å²) in [6.45, 7) is 2.39. The minimum atomic E-state index is -0.787. The summed E-state index contributed by atoms with van der Waals surface area (Å²) in [5.41, 5.74) is 0.560. The van der Waals surface area contributed by atoms with E-state index in [2.05, 4.69) is 0 Å². The maximum absolute atomic E-state index is 10.8. The van der Waals surface area contributed by atoms with E-state index >= 15 is 0 Å². The first kappa shape index (κ1) is 19.7. The number of hydrogen-bond acceptors (Lipinski definition) is 4. The van der Waals surface area contributed by atoms with Gasteiger partial charge in [0.05, 0.1) is 0 Å². The van der Waals surface area contributed by atoms with E-state index < -0.39 is 12.7 Å². The fourth-order valence-corrected chi connectivity index (χ4v) is 1.10. The minimum Gasteiger partial charge on any atom is -0.388 e. The number of ketones is 2. The van der Waals surface area contributed by atoms with Crippen LogP contribution in [0.4, 0.5) is 0 Å². The van der Waals surface area contributed by atoms with Crippen molar-refractivity contribution in [2.75, 3.05) is 6.61 Å². The standard InChI is InChI=1S/C8H8O2.C6H6.C4H8O2/c9-6-8(10)7-4-2-1-3-5-7;1-2-4-6-5-3-1;1-3(5)4(2)6/h1-5,9H,6H2;1-6H;3,5H,1-2H3. The van der Waals surface area contributed by atoms with Crippen LogP contribution in [0.1, 0.15) is 24.2 Å². The summed E-state index contributed by atoms with van der Waals surface area (Å²) in [4.78, 5) is 20.7. The number of hydrogen-bond donors (Lipinski definition) is 2. The monoisotopic (exact) mass is 302 g/mol. The number of rotatable bonds is 3. The third-order valence-corrected chi connectivity index (χ3v) is 2.49. The van der Waals surface area contributed by atoms with E-state index in [1.807, 2.05) is 42.5 Å². The smallest absolute Gasteiger partial charge is 0.188 e. The lowest BCUT2D eigenvalue weighted by atomic mass is 10.1. The maximum Gasteiger partial charge on any atom is 0.188 e. The molecule has 0 aromatic heterocycles. The molecule has 0 spiro atoms. The third kappa shape index (κ3) is 10.5. The van der Waals surface area contributed by atoms with Gasteiger partial charge in [-0.15, -0.1) is 0 Å². The van der Waals surface area contributed by atoms with Crippen LogP contribution < -0.4 is 0 Å². The Hall–Kier alpha value is -2.30. The molecule has 0 fully saturated rings. The van der Waals surface area contributed by atoms with Crippen LogP contribution in [0.2, 0.25) is 0 Å². The lowest BCUT2D eigenvalue weighted by molar-refractivity contribution is -0.124. The van der Waals surface area contributed by atoms with E-state index in [0.29, 0.717) is 5.56 Å². The van der Waals surface area contributed by atoms with E-state index in [0.717, 1.165) is 0 Å². The van der Waals surface area contributed by atoms with E-state index in [4.69, 9.17) is 10.2 Å². The molecule has 0 aliphatic carbocycles. The van der Waals surface area contributed by atoms with Crippen LogP contribution in [0.25, 0.3) is 0 Å². The number of carbonyl (C=O) groups is 2. The van der Waals surface area contributed by atoms with Crippen molar-refractivity contribution in [1.82, 2.24) is 0 Å². The van der Waals surface area contributed by atoms with Gasteiger partial charge in [-0.25, -0.2) is 0 Å². The first-order valence-corrected chi connectivity index (χ1v) is 6.86. The molecule has 2 N–H and O–H groups in total. The highest BCUT2D eigenvalue weighted by molar-refractivity contribution is 5.96. The van der Waals surface area contributed by atoms with E-state index in [1.54, 1.807) is 24.3 Å². The van der Waals surface area contributed by atoms with Crippen molar-refractivity contribution in [3.8, 4) is 0 Å². The van der Waals surface area contributed by atoms with Crippen LogP contribution in [-0.2, 0) is 4.79 Å². The van der Waals surface area contributed by atoms with Gasteiger partial charge in [0, 0.05) is 5.56 Å². The van der Waals surface area contributed by atoms with E-state index in [9.17, 15) is 9.59 Å². The molecule has 2 aromatic rings. The fraction of sp³-hybridized carbons (Fsp3) is 0.222. The number of aliphatic hydroxyl groups is 2. The predicted molar refractivity (Wildman–Crippen MR) is 86.7 cm³/mol. The topological polar surface area (TPSA) is 74.6 Å². The summed E-state index contributed by atoms with van der Waals surface area (Å²) in [7, 11) is 0. The van der Waals surface area contributed by atoms with Crippen molar-refractivity contribution in [2.45, 2.75) is 20.0 Å². The lowest BCUT2D eigenvalue weighted by Crippen LogP contribution is -2.10. The SMILES string of the molecule is CC(=O)C(C)O.O=C(CO)c1ccccc1.c1ccccc1. The van der Waals surface area contributed by atoms with Crippen molar-refractivity contribution < 1.29 is 19.8 Å². The summed E-state index contributed by atoms with van der Waals surface area (Å²) in [5.74, 6) is -0.421. The van der Waals surface area contributed by atoms with Crippen LogP contribution in [0.5, 0.6) is 0 Å². The van der Waals surface area contributed by atoms with Crippen LogP contribution in [0.3, 0.4) is 0 Å². The Balaban J connectivity index is 0.000000319. The van der Waals surface area contributed by atoms with E-state index in [1.165, 1.54) is 13.8 Å². The maximum atomic E-state index is 10.8. The average Bonchev–Trinajstić information content (AvgIpc) is 2.57. The second-order valence-electron chi connectivity index (χ2n) is 4.39. The Bertz CT molecular complexity index is 495. The molecule has 0 heterocycles. The Morgan fingerprint density at radius 1 is 0.909 bits per heavy atom. The molecular weight excluding hydrogens is 280 g/mol. The second-order valence-corrected chi connectivity index (χ2v) is 4.39. The molecule has 0 saturated heterocycles. The summed E-state index contributed by atoms with van der Waals surface area (Å²) < 4.78 is 0. The second kappa shape index (κ2) is 12.4. The van der Waals surface area contributed by atoms with Gasteiger partial charge in [0.25, 0.3) is 0 Å². The van der Waals surface area contributed by atoms with Gasteiger partial charge in [0.15, 0.2) is 11.6 Å². The average molecular weight is 302 g/mol. The van der Waals surface area contributed by atoms with Gasteiger partial charge < -0.3 is 10.2 Å². The van der Waals surface area contributed by atoms with Crippen molar-refractivity contribution in [2.24, 2.45) is 0 Å². The molecule has 0 amide bonds. The Labute approximate surface area is 131 Å². The van der Waals surface area contributed by atoms with Crippen LogP contribution in [0.15, 0.2) is 66.7 Å². The highest BCUT2D eigenvalue weighted by atomic mass is 16.3. The third-order valence-electron chi connectivity index (χ3n) is 2.49. The number of aliphatic hydroxyl groups excluding tert-OH is 2. The molecule has 1 unspecified atom stereocenters. The zero-order valence-electron chi connectivity index (χ0n) is 12.8. The Morgan fingerprint density at radius 2 is 1.23 bits per heavy atom. The van der Waals surface area contributed by atoms with Crippen LogP contribution in [-0.4, -0.2) is 34.5 Å². The number of Topliss-reactive ketones (excluding diaryl/α,β-unsaturated/α-hetero) is 2. The first-order valence-electron chi connectivity index (χ1n) is 6.86. The summed E-state index contributed by atoms with van der Waals surface area (Å²) in [6, 6.07) is 20.7. The minimum absolute atomic E-state index is 0.185. The van der Waals surface area contributed by atoms with Crippen molar-refractivity contribution in [1.29, 1.82) is 0 Å². The highest BCUT2D eigenvalue weighted by Gasteiger charge is 1.99. The van der Waals surface area contributed by atoms with Gasteiger partial charge in [0.1, 0.15) is 12.7 Å². The molecule has 1 atom stereocenters. The molecule has 118 valence electrons. The molecule has 0 bridgehead atoms. The first-order chi connectivity index (χ1) is 10.5. The van der Waals surface area contributed by atoms with Crippen molar-refractivity contribution in [3.05, 3.63) is 72.3 Å². The quantitative estimate of drug-likeness (QED) is 0.854. The summed E-state index contributed by atoms with van der Waals surface area (Å²) >= 11 is 0. The van der Waals surface area contributed by atoms with Gasteiger partial charge in [0.2, 0.25) is 0 Å². The molecule has 4 nitrogen and oxygen atoms in total. The van der Waals surface area contributed by atoms with Gasteiger partial charge in [-0.2, -0.15) is 0 Å². The normalized spacial score (nSPS) is 10.2. The van der Waals surface area contributed by atoms with Gasteiger partial charge >= 0.3 is 0 Å². The largest absolute Gasteiger partial charge is 0.388 e.